The lowest BCUT2D eigenvalue weighted by atomic mass is 9.92. The van der Waals surface area contributed by atoms with Crippen LogP contribution in [-0.2, 0) is 11.3 Å². The van der Waals surface area contributed by atoms with Crippen LogP contribution in [0.4, 0.5) is 10.3 Å². The minimum absolute atomic E-state index is 0.0440. The molecule has 2 aromatic heterocycles. The highest BCUT2D eigenvalue weighted by molar-refractivity contribution is 6.31. The van der Waals surface area contributed by atoms with Gasteiger partial charge in [-0.2, -0.15) is 4.39 Å². The summed E-state index contributed by atoms with van der Waals surface area (Å²) in [6.07, 6.45) is 1.47. The molecule has 1 fully saturated rings. The third-order valence-electron chi connectivity index (χ3n) is 5.43. The number of aliphatic hydroxyl groups is 1. The fourth-order valence-electron chi connectivity index (χ4n) is 3.70. The van der Waals surface area contributed by atoms with Crippen LogP contribution in [0.2, 0.25) is 5.02 Å². The van der Waals surface area contributed by atoms with E-state index in [9.17, 15) is 9.50 Å². The molecule has 0 aliphatic carbocycles. The molecule has 7 nitrogen and oxygen atoms in total. The number of rotatable bonds is 6. The lowest BCUT2D eigenvalue weighted by Crippen LogP contribution is -2.42. The van der Waals surface area contributed by atoms with Gasteiger partial charge >= 0.3 is 0 Å². The lowest BCUT2D eigenvalue weighted by Gasteiger charge is -2.28. The van der Waals surface area contributed by atoms with Gasteiger partial charge in [-0.15, -0.1) is 0 Å². The number of hydrogen-bond acceptors (Lipinski definition) is 7. The van der Waals surface area contributed by atoms with E-state index in [1.165, 1.54) is 6.20 Å². The smallest absolute Gasteiger partial charge is 0.224 e. The molecule has 3 N–H and O–H groups in total. The number of hydrogen-bond donors (Lipinski definition) is 3. The quantitative estimate of drug-likeness (QED) is 0.434. The summed E-state index contributed by atoms with van der Waals surface area (Å²) in [5, 5.41) is 16.8. The molecule has 1 saturated heterocycles. The summed E-state index contributed by atoms with van der Waals surface area (Å²) < 4.78 is 20.0. The fraction of sp³-hybridized carbons (Fsp3) is 0.542. The van der Waals surface area contributed by atoms with Gasteiger partial charge in [0, 0.05) is 24.8 Å². The minimum atomic E-state index is -0.646. The second kappa shape index (κ2) is 11.2. The second-order valence-electron chi connectivity index (χ2n) is 8.77. The Labute approximate surface area is 199 Å². The number of nitrogens with zero attached hydrogens (tertiary/aromatic N) is 3. The maximum atomic E-state index is 14.8. The number of pyridine rings is 1. The van der Waals surface area contributed by atoms with Crippen molar-refractivity contribution >= 4 is 17.5 Å². The Morgan fingerprint density at radius 3 is 2.70 bits per heavy atom. The highest BCUT2D eigenvalue weighted by Crippen LogP contribution is 2.27. The lowest BCUT2D eigenvalue weighted by molar-refractivity contribution is -0.0136. The van der Waals surface area contributed by atoms with Gasteiger partial charge in [-0.3, -0.25) is 0 Å². The van der Waals surface area contributed by atoms with Crippen molar-refractivity contribution in [3.05, 3.63) is 45.2 Å². The maximum Gasteiger partial charge on any atom is 0.224 e. The molecule has 0 aromatic carbocycles. The normalized spacial score (nSPS) is 18.4. The van der Waals surface area contributed by atoms with Crippen molar-refractivity contribution in [3.63, 3.8) is 0 Å². The molecular weight excluding hydrogens is 445 g/mol. The zero-order valence-corrected chi connectivity index (χ0v) is 20.4. The van der Waals surface area contributed by atoms with Gasteiger partial charge in [0.2, 0.25) is 11.9 Å². The number of anilines is 1. The minimum Gasteiger partial charge on any atom is -0.389 e. The van der Waals surface area contributed by atoms with Gasteiger partial charge < -0.3 is 20.5 Å². The summed E-state index contributed by atoms with van der Waals surface area (Å²) in [6, 6.07) is -0.00641. The molecule has 3 heterocycles. The molecule has 0 bridgehead atoms. The molecule has 0 unspecified atom stereocenters. The molecule has 2 aromatic rings. The van der Waals surface area contributed by atoms with E-state index in [4.69, 9.17) is 16.3 Å². The topological polar surface area (TPSA) is 92.2 Å². The maximum absolute atomic E-state index is 14.8. The molecule has 0 spiro atoms. The largest absolute Gasteiger partial charge is 0.389 e. The van der Waals surface area contributed by atoms with Crippen molar-refractivity contribution in [2.75, 3.05) is 18.5 Å². The van der Waals surface area contributed by atoms with Crippen LogP contribution in [0.3, 0.4) is 0 Å². The number of aliphatic hydroxyl groups excluding tert-OH is 1. The molecule has 9 heteroatoms. The molecule has 0 amide bonds. The highest BCUT2D eigenvalue weighted by Gasteiger charge is 2.24. The van der Waals surface area contributed by atoms with Gasteiger partial charge in [-0.1, -0.05) is 45.2 Å². The first-order valence-corrected chi connectivity index (χ1v) is 11.5. The van der Waals surface area contributed by atoms with E-state index < -0.39 is 12.1 Å². The SMILES string of the molecule is Cc1nc(F)c(CNC(C)C)c(C(C)C)c1C#Cc1nc(N[C@@H]2CCOC[C@H]2O)ncc1Cl. The summed E-state index contributed by atoms with van der Waals surface area (Å²) in [5.74, 6) is 6.06. The Bertz CT molecular complexity index is 1050. The van der Waals surface area contributed by atoms with E-state index >= 15 is 0 Å². The molecule has 0 saturated carbocycles. The van der Waals surface area contributed by atoms with Crippen molar-refractivity contribution in [3.8, 4) is 11.8 Å². The molecule has 3 rings (SSSR count). The third-order valence-corrected chi connectivity index (χ3v) is 5.70. The molecule has 0 radical (unpaired) electrons. The zero-order chi connectivity index (χ0) is 24.1. The van der Waals surface area contributed by atoms with Crippen LogP contribution in [0.1, 0.15) is 68.1 Å². The van der Waals surface area contributed by atoms with Crippen LogP contribution in [0.15, 0.2) is 6.20 Å². The second-order valence-corrected chi connectivity index (χ2v) is 9.17. The summed E-state index contributed by atoms with van der Waals surface area (Å²) in [7, 11) is 0. The standard InChI is InChI=1S/C24H31ClFN5O2/c1-13(2)22-16(15(5)29-23(26)17(22)10-27-14(3)4)6-7-19-18(25)11-28-24(30-19)31-20-8-9-33-12-21(20)32/h11,13-14,20-21,27,32H,8-10,12H2,1-5H3,(H,28,30,31)/t20-,21-/m1/s1. The summed E-state index contributed by atoms with van der Waals surface area (Å²) in [6.45, 7) is 11.0. The van der Waals surface area contributed by atoms with E-state index in [1.807, 2.05) is 27.7 Å². The van der Waals surface area contributed by atoms with Crippen molar-refractivity contribution < 1.29 is 14.2 Å². The zero-order valence-electron chi connectivity index (χ0n) is 19.7. The van der Waals surface area contributed by atoms with Crippen LogP contribution in [0.25, 0.3) is 0 Å². The average Bonchev–Trinajstić information content (AvgIpc) is 2.75. The van der Waals surface area contributed by atoms with Crippen molar-refractivity contribution in [1.82, 2.24) is 20.3 Å². The van der Waals surface area contributed by atoms with Gasteiger partial charge in [-0.25, -0.2) is 15.0 Å². The first-order chi connectivity index (χ1) is 15.7. The van der Waals surface area contributed by atoms with Crippen molar-refractivity contribution in [1.29, 1.82) is 0 Å². The predicted molar refractivity (Wildman–Crippen MR) is 127 cm³/mol. The molecule has 1 aliphatic heterocycles. The number of aryl methyl sites for hydroxylation is 1. The van der Waals surface area contributed by atoms with Crippen molar-refractivity contribution in [2.24, 2.45) is 0 Å². The van der Waals surface area contributed by atoms with Crippen LogP contribution >= 0.6 is 11.6 Å². The molecule has 1 aliphatic rings. The predicted octanol–water partition coefficient (Wildman–Crippen LogP) is 3.56. The molecule has 33 heavy (non-hydrogen) atoms. The van der Waals surface area contributed by atoms with Crippen LogP contribution in [0, 0.1) is 24.7 Å². The monoisotopic (exact) mass is 475 g/mol. The number of nitrogens with one attached hydrogen (secondary N) is 2. The van der Waals surface area contributed by atoms with Crippen LogP contribution in [-0.4, -0.2) is 51.5 Å². The number of aromatic nitrogens is 3. The molecular formula is C24H31ClFN5O2. The number of halogens is 2. The van der Waals surface area contributed by atoms with E-state index in [1.54, 1.807) is 6.92 Å². The van der Waals surface area contributed by atoms with E-state index in [0.717, 1.165) is 5.56 Å². The molecule has 2 atom stereocenters. The Morgan fingerprint density at radius 1 is 1.27 bits per heavy atom. The average molecular weight is 476 g/mol. The fourth-order valence-corrected chi connectivity index (χ4v) is 3.84. The van der Waals surface area contributed by atoms with Gasteiger partial charge in [0.05, 0.1) is 41.2 Å². The van der Waals surface area contributed by atoms with Gasteiger partial charge in [0.25, 0.3) is 0 Å². The first-order valence-electron chi connectivity index (χ1n) is 11.2. The summed E-state index contributed by atoms with van der Waals surface area (Å²) in [4.78, 5) is 12.7. The Balaban J connectivity index is 1.96. The highest BCUT2D eigenvalue weighted by atomic mass is 35.5. The van der Waals surface area contributed by atoms with Gasteiger partial charge in [-0.05, 0) is 30.7 Å². The Kier molecular flexibility index (Phi) is 8.60. The van der Waals surface area contributed by atoms with E-state index in [0.29, 0.717) is 53.1 Å². The molecule has 178 valence electrons. The van der Waals surface area contributed by atoms with E-state index in [-0.39, 0.29) is 24.6 Å². The summed E-state index contributed by atoms with van der Waals surface area (Å²) in [5.41, 5.74) is 2.89. The third kappa shape index (κ3) is 6.39. The number of ether oxygens (including phenoxy) is 1. The van der Waals surface area contributed by atoms with Gasteiger partial charge in [0.1, 0.15) is 5.69 Å². The van der Waals surface area contributed by atoms with E-state index in [2.05, 4.69) is 37.4 Å². The Morgan fingerprint density at radius 2 is 2.03 bits per heavy atom. The van der Waals surface area contributed by atoms with Gasteiger partial charge in [0.15, 0.2) is 0 Å². The van der Waals surface area contributed by atoms with Crippen LogP contribution < -0.4 is 10.6 Å². The van der Waals surface area contributed by atoms with Crippen molar-refractivity contribution in [2.45, 2.75) is 71.7 Å². The Hall–Kier alpha value is -2.31. The van der Waals surface area contributed by atoms with Crippen LogP contribution in [0.5, 0.6) is 0 Å². The summed E-state index contributed by atoms with van der Waals surface area (Å²) >= 11 is 6.31. The first kappa shape index (κ1) is 25.3.